The molecule has 0 aliphatic rings. The number of amides is 2. The summed E-state index contributed by atoms with van der Waals surface area (Å²) in [5.74, 6) is 0.820. The summed E-state index contributed by atoms with van der Waals surface area (Å²) in [4.78, 5) is 14.5. The van der Waals surface area contributed by atoms with Crippen molar-refractivity contribution in [1.82, 2.24) is 4.90 Å². The van der Waals surface area contributed by atoms with Crippen LogP contribution in [0.2, 0.25) is 0 Å². The second-order valence-electron chi connectivity index (χ2n) is 5.28. The molecule has 2 aromatic carbocycles. The van der Waals surface area contributed by atoms with Crippen molar-refractivity contribution >= 4 is 11.7 Å². The Morgan fingerprint density at radius 2 is 1.74 bits per heavy atom. The average molecular weight is 312 g/mol. The Labute approximate surface area is 138 Å². The first-order valence-electron chi connectivity index (χ1n) is 7.96. The molecule has 0 heterocycles. The summed E-state index contributed by atoms with van der Waals surface area (Å²) in [7, 11) is 1.65. The molecule has 2 amide bonds. The largest absolute Gasteiger partial charge is 0.497 e. The van der Waals surface area contributed by atoms with Crippen molar-refractivity contribution in [2.75, 3.05) is 19.0 Å². The average Bonchev–Trinajstić information content (AvgIpc) is 2.60. The smallest absolute Gasteiger partial charge is 0.322 e. The number of benzene rings is 2. The number of anilines is 1. The number of ether oxygens (including phenoxy) is 1. The molecular formula is C19H24N2O2. The molecule has 0 saturated heterocycles. The third kappa shape index (κ3) is 4.25. The van der Waals surface area contributed by atoms with E-state index in [-0.39, 0.29) is 12.1 Å². The molecule has 23 heavy (non-hydrogen) atoms. The minimum absolute atomic E-state index is 0.0367. The van der Waals surface area contributed by atoms with E-state index in [1.165, 1.54) is 0 Å². The Balaban J connectivity index is 2.16. The van der Waals surface area contributed by atoms with Gasteiger partial charge in [-0.15, -0.1) is 0 Å². The van der Waals surface area contributed by atoms with Gasteiger partial charge in [0.25, 0.3) is 0 Å². The number of nitrogens with one attached hydrogen (secondary N) is 1. The molecule has 0 saturated carbocycles. The molecule has 1 unspecified atom stereocenters. The molecule has 2 rings (SSSR count). The van der Waals surface area contributed by atoms with Gasteiger partial charge in [0.2, 0.25) is 0 Å². The predicted octanol–water partition coefficient (Wildman–Crippen LogP) is 4.70. The molecule has 4 nitrogen and oxygen atoms in total. The highest BCUT2D eigenvalue weighted by atomic mass is 16.5. The fraction of sp³-hybridized carbons (Fsp3) is 0.316. The summed E-state index contributed by atoms with van der Waals surface area (Å²) in [6.07, 6.45) is 0.850. The van der Waals surface area contributed by atoms with Crippen LogP contribution < -0.4 is 10.1 Å². The molecule has 2 aromatic rings. The highest BCUT2D eigenvalue weighted by molar-refractivity contribution is 5.89. The van der Waals surface area contributed by atoms with E-state index in [0.717, 1.165) is 23.4 Å². The molecule has 0 aromatic heterocycles. The van der Waals surface area contributed by atoms with Gasteiger partial charge in [0.1, 0.15) is 5.75 Å². The van der Waals surface area contributed by atoms with E-state index in [9.17, 15) is 4.79 Å². The van der Waals surface area contributed by atoms with Crippen LogP contribution >= 0.6 is 0 Å². The second kappa shape index (κ2) is 8.22. The second-order valence-corrected chi connectivity index (χ2v) is 5.28. The van der Waals surface area contributed by atoms with Crippen molar-refractivity contribution < 1.29 is 9.53 Å². The maximum absolute atomic E-state index is 12.6. The van der Waals surface area contributed by atoms with E-state index >= 15 is 0 Å². The number of hydrogen-bond acceptors (Lipinski definition) is 2. The first-order chi connectivity index (χ1) is 11.2. The minimum atomic E-state index is -0.0821. The van der Waals surface area contributed by atoms with Crippen LogP contribution in [0.15, 0.2) is 54.6 Å². The van der Waals surface area contributed by atoms with Crippen molar-refractivity contribution in [2.45, 2.75) is 26.3 Å². The SMILES string of the molecule is CCC(c1ccc(OC)cc1)N(CC)C(=O)Nc1ccccc1. The van der Waals surface area contributed by atoms with Crippen LogP contribution in [0.3, 0.4) is 0 Å². The van der Waals surface area contributed by atoms with Crippen molar-refractivity contribution in [3.8, 4) is 5.75 Å². The minimum Gasteiger partial charge on any atom is -0.497 e. The van der Waals surface area contributed by atoms with Crippen molar-refractivity contribution in [1.29, 1.82) is 0 Å². The van der Waals surface area contributed by atoms with E-state index in [4.69, 9.17) is 4.74 Å². The zero-order valence-corrected chi connectivity index (χ0v) is 14.0. The summed E-state index contributed by atoms with van der Waals surface area (Å²) < 4.78 is 5.20. The molecule has 0 aliphatic carbocycles. The molecule has 0 aliphatic heterocycles. The molecule has 0 spiro atoms. The van der Waals surface area contributed by atoms with E-state index in [2.05, 4.69) is 12.2 Å². The lowest BCUT2D eigenvalue weighted by Crippen LogP contribution is -2.37. The molecule has 0 radical (unpaired) electrons. The van der Waals surface area contributed by atoms with Gasteiger partial charge in [0, 0.05) is 12.2 Å². The molecule has 0 fully saturated rings. The van der Waals surface area contributed by atoms with E-state index in [0.29, 0.717) is 6.54 Å². The van der Waals surface area contributed by atoms with Crippen LogP contribution in [0.5, 0.6) is 5.75 Å². The van der Waals surface area contributed by atoms with Crippen molar-refractivity contribution in [3.05, 3.63) is 60.2 Å². The summed E-state index contributed by atoms with van der Waals surface area (Å²) in [5.41, 5.74) is 1.92. The Morgan fingerprint density at radius 1 is 1.09 bits per heavy atom. The summed E-state index contributed by atoms with van der Waals surface area (Å²) in [5, 5.41) is 2.96. The monoisotopic (exact) mass is 312 g/mol. The lowest BCUT2D eigenvalue weighted by atomic mass is 10.0. The molecule has 1 N–H and O–H groups in total. The first-order valence-corrected chi connectivity index (χ1v) is 7.96. The van der Waals surface area contributed by atoms with E-state index in [1.807, 2.05) is 66.4 Å². The van der Waals surface area contributed by atoms with Crippen LogP contribution in [-0.4, -0.2) is 24.6 Å². The van der Waals surface area contributed by atoms with Crippen LogP contribution in [0.25, 0.3) is 0 Å². The molecule has 122 valence electrons. The van der Waals surface area contributed by atoms with Gasteiger partial charge in [-0.1, -0.05) is 37.3 Å². The lowest BCUT2D eigenvalue weighted by Gasteiger charge is -2.30. The fourth-order valence-corrected chi connectivity index (χ4v) is 2.68. The Morgan fingerprint density at radius 3 is 2.26 bits per heavy atom. The van der Waals surface area contributed by atoms with Gasteiger partial charge in [-0.3, -0.25) is 0 Å². The van der Waals surface area contributed by atoms with Gasteiger partial charge in [-0.05, 0) is 43.2 Å². The molecular weight excluding hydrogens is 288 g/mol. The summed E-state index contributed by atoms with van der Waals surface area (Å²) >= 11 is 0. The third-order valence-electron chi connectivity index (χ3n) is 3.89. The van der Waals surface area contributed by atoms with Gasteiger partial charge in [0.15, 0.2) is 0 Å². The van der Waals surface area contributed by atoms with Crippen molar-refractivity contribution in [3.63, 3.8) is 0 Å². The van der Waals surface area contributed by atoms with Crippen LogP contribution in [0.1, 0.15) is 31.9 Å². The molecule has 1 atom stereocenters. The van der Waals surface area contributed by atoms with E-state index in [1.54, 1.807) is 7.11 Å². The Hall–Kier alpha value is -2.49. The number of carbonyl (C=O) groups excluding carboxylic acids is 1. The van der Waals surface area contributed by atoms with E-state index < -0.39 is 0 Å². The zero-order valence-electron chi connectivity index (χ0n) is 14.0. The van der Waals surface area contributed by atoms with Crippen molar-refractivity contribution in [2.24, 2.45) is 0 Å². The number of nitrogens with zero attached hydrogens (tertiary/aromatic N) is 1. The predicted molar refractivity (Wildman–Crippen MR) is 93.9 cm³/mol. The number of rotatable bonds is 6. The van der Waals surface area contributed by atoms with Crippen LogP contribution in [0.4, 0.5) is 10.5 Å². The number of methoxy groups -OCH3 is 1. The van der Waals surface area contributed by atoms with Gasteiger partial charge in [-0.25, -0.2) is 4.79 Å². The fourth-order valence-electron chi connectivity index (χ4n) is 2.68. The number of carbonyl (C=O) groups is 1. The Kier molecular flexibility index (Phi) is 6.03. The third-order valence-corrected chi connectivity index (χ3v) is 3.89. The van der Waals surface area contributed by atoms with Gasteiger partial charge in [-0.2, -0.15) is 0 Å². The van der Waals surface area contributed by atoms with Gasteiger partial charge < -0.3 is 15.0 Å². The standard InChI is InChI=1S/C19H24N2O2/c1-4-18(15-11-13-17(23-3)14-12-15)21(5-2)19(22)20-16-9-7-6-8-10-16/h6-14,18H,4-5H2,1-3H3,(H,20,22). The van der Waals surface area contributed by atoms with Crippen LogP contribution in [-0.2, 0) is 0 Å². The van der Waals surface area contributed by atoms with Gasteiger partial charge in [0.05, 0.1) is 13.2 Å². The molecule has 4 heteroatoms. The number of hydrogen-bond donors (Lipinski definition) is 1. The summed E-state index contributed by atoms with van der Waals surface area (Å²) in [6.45, 7) is 4.73. The maximum Gasteiger partial charge on any atom is 0.322 e. The zero-order chi connectivity index (χ0) is 16.7. The van der Waals surface area contributed by atoms with Crippen LogP contribution in [0, 0.1) is 0 Å². The lowest BCUT2D eigenvalue weighted by molar-refractivity contribution is 0.190. The summed E-state index contributed by atoms with van der Waals surface area (Å²) in [6, 6.07) is 17.4. The number of urea groups is 1. The first kappa shape index (κ1) is 16.9. The van der Waals surface area contributed by atoms with Gasteiger partial charge >= 0.3 is 6.03 Å². The molecule has 0 bridgehead atoms. The normalized spacial score (nSPS) is 11.6. The number of para-hydroxylation sites is 1. The topological polar surface area (TPSA) is 41.6 Å². The maximum atomic E-state index is 12.6. The quantitative estimate of drug-likeness (QED) is 0.840. The highest BCUT2D eigenvalue weighted by Gasteiger charge is 2.22. The Bertz CT molecular complexity index is 611. The highest BCUT2D eigenvalue weighted by Crippen LogP contribution is 2.26.